The van der Waals surface area contributed by atoms with Gasteiger partial charge in [0.2, 0.25) is 0 Å². The molecule has 0 spiro atoms. The molecule has 0 saturated heterocycles. The summed E-state index contributed by atoms with van der Waals surface area (Å²) in [5, 5.41) is 0. The Kier molecular flexibility index (Phi) is 4.29. The largest absolute Gasteiger partial charge is 0.497 e. The number of rotatable bonds is 5. The first-order chi connectivity index (χ1) is 9.19. The Balaban J connectivity index is 1.98. The highest BCUT2D eigenvalue weighted by Crippen LogP contribution is 2.15. The van der Waals surface area contributed by atoms with Gasteiger partial charge in [0.1, 0.15) is 11.6 Å². The number of aryl methyl sites for hydroxylation is 1. The molecule has 0 N–H and O–H groups in total. The van der Waals surface area contributed by atoms with Gasteiger partial charge in [-0.05, 0) is 48.4 Å². The van der Waals surface area contributed by atoms with Gasteiger partial charge in [0.25, 0.3) is 0 Å². The van der Waals surface area contributed by atoms with E-state index in [9.17, 15) is 9.18 Å². The number of carbonyl (C=O) groups excluding carboxylic acids is 1. The van der Waals surface area contributed by atoms with Gasteiger partial charge in [-0.25, -0.2) is 4.39 Å². The highest BCUT2D eigenvalue weighted by atomic mass is 19.1. The van der Waals surface area contributed by atoms with E-state index in [1.54, 1.807) is 7.11 Å². The summed E-state index contributed by atoms with van der Waals surface area (Å²) in [7, 11) is 1.61. The van der Waals surface area contributed by atoms with Crippen LogP contribution < -0.4 is 4.74 Å². The molecule has 0 amide bonds. The SMILES string of the molecule is COc1cccc(CCC(=O)c2ccc(F)cc2)c1. The molecular formula is C16H15FO2. The quantitative estimate of drug-likeness (QED) is 0.765. The van der Waals surface area contributed by atoms with Gasteiger partial charge < -0.3 is 4.74 Å². The minimum atomic E-state index is -0.329. The maximum Gasteiger partial charge on any atom is 0.163 e. The third-order valence-corrected chi connectivity index (χ3v) is 2.94. The number of halogens is 1. The first kappa shape index (κ1) is 13.3. The second kappa shape index (κ2) is 6.14. The van der Waals surface area contributed by atoms with E-state index in [4.69, 9.17) is 4.74 Å². The van der Waals surface area contributed by atoms with Crippen LogP contribution in [0.1, 0.15) is 22.3 Å². The van der Waals surface area contributed by atoms with Crippen LogP contribution in [0.2, 0.25) is 0 Å². The van der Waals surface area contributed by atoms with Gasteiger partial charge in [0.05, 0.1) is 7.11 Å². The van der Waals surface area contributed by atoms with E-state index in [1.165, 1.54) is 24.3 Å². The van der Waals surface area contributed by atoms with Crippen molar-refractivity contribution in [2.45, 2.75) is 12.8 Å². The number of Topliss-reactive ketones (excluding diaryl/α,β-unsaturated/α-hetero) is 1. The van der Waals surface area contributed by atoms with Crippen LogP contribution in [-0.4, -0.2) is 12.9 Å². The van der Waals surface area contributed by atoms with Crippen LogP contribution in [0.5, 0.6) is 5.75 Å². The van der Waals surface area contributed by atoms with Crippen molar-refractivity contribution in [1.82, 2.24) is 0 Å². The predicted molar refractivity (Wildman–Crippen MR) is 72.0 cm³/mol. The first-order valence-electron chi connectivity index (χ1n) is 6.11. The normalized spacial score (nSPS) is 10.2. The Morgan fingerprint density at radius 1 is 1.16 bits per heavy atom. The standard InChI is InChI=1S/C16H15FO2/c1-19-15-4-2-3-12(11-15)5-10-16(18)13-6-8-14(17)9-7-13/h2-4,6-9,11H,5,10H2,1H3. The molecule has 0 fully saturated rings. The molecule has 0 aromatic heterocycles. The van der Waals surface area contributed by atoms with Crippen LogP contribution in [0.15, 0.2) is 48.5 Å². The fourth-order valence-electron chi connectivity index (χ4n) is 1.87. The lowest BCUT2D eigenvalue weighted by atomic mass is 10.0. The van der Waals surface area contributed by atoms with Crippen molar-refractivity contribution in [1.29, 1.82) is 0 Å². The van der Waals surface area contributed by atoms with Crippen molar-refractivity contribution >= 4 is 5.78 Å². The molecule has 0 aliphatic rings. The fraction of sp³-hybridized carbons (Fsp3) is 0.188. The van der Waals surface area contributed by atoms with Crippen LogP contribution in [0.4, 0.5) is 4.39 Å². The summed E-state index contributed by atoms with van der Waals surface area (Å²) >= 11 is 0. The topological polar surface area (TPSA) is 26.3 Å². The molecule has 0 atom stereocenters. The molecule has 2 aromatic rings. The average molecular weight is 258 g/mol. The smallest absolute Gasteiger partial charge is 0.163 e. The summed E-state index contributed by atoms with van der Waals surface area (Å²) in [5.74, 6) is 0.471. The Morgan fingerprint density at radius 3 is 2.58 bits per heavy atom. The lowest BCUT2D eigenvalue weighted by molar-refractivity contribution is 0.0983. The van der Waals surface area contributed by atoms with Crippen LogP contribution in [0.3, 0.4) is 0 Å². The van der Waals surface area contributed by atoms with E-state index in [-0.39, 0.29) is 11.6 Å². The van der Waals surface area contributed by atoms with Gasteiger partial charge in [0, 0.05) is 12.0 Å². The highest BCUT2D eigenvalue weighted by Gasteiger charge is 2.06. The Bertz CT molecular complexity index is 561. The minimum absolute atomic E-state index is 0.0165. The number of hydrogen-bond donors (Lipinski definition) is 0. The molecule has 19 heavy (non-hydrogen) atoms. The summed E-state index contributed by atoms with van der Waals surface area (Å²) in [4.78, 5) is 11.9. The molecule has 0 aliphatic heterocycles. The zero-order valence-electron chi connectivity index (χ0n) is 10.7. The summed E-state index contributed by atoms with van der Waals surface area (Å²) in [5.41, 5.74) is 1.60. The Labute approximate surface area is 111 Å². The van der Waals surface area contributed by atoms with Gasteiger partial charge >= 0.3 is 0 Å². The summed E-state index contributed by atoms with van der Waals surface area (Å²) in [6.45, 7) is 0. The first-order valence-corrected chi connectivity index (χ1v) is 6.11. The molecule has 2 nitrogen and oxygen atoms in total. The lowest BCUT2D eigenvalue weighted by Gasteiger charge is -2.04. The molecule has 0 radical (unpaired) electrons. The van der Waals surface area contributed by atoms with Gasteiger partial charge in [-0.3, -0.25) is 4.79 Å². The van der Waals surface area contributed by atoms with E-state index >= 15 is 0 Å². The number of carbonyl (C=O) groups is 1. The van der Waals surface area contributed by atoms with E-state index in [1.807, 2.05) is 24.3 Å². The number of benzene rings is 2. The van der Waals surface area contributed by atoms with Crippen LogP contribution in [0.25, 0.3) is 0 Å². The average Bonchev–Trinajstić information content (AvgIpc) is 2.46. The number of ketones is 1. The lowest BCUT2D eigenvalue weighted by Crippen LogP contribution is -2.01. The maximum absolute atomic E-state index is 12.8. The van der Waals surface area contributed by atoms with Crippen LogP contribution in [-0.2, 0) is 6.42 Å². The van der Waals surface area contributed by atoms with E-state index in [0.717, 1.165) is 11.3 Å². The Hall–Kier alpha value is -2.16. The summed E-state index contributed by atoms with van der Waals surface area (Å²) in [6.07, 6.45) is 1.05. The molecule has 0 aliphatic carbocycles. The van der Waals surface area contributed by atoms with Crippen molar-refractivity contribution < 1.29 is 13.9 Å². The molecule has 98 valence electrons. The predicted octanol–water partition coefficient (Wildman–Crippen LogP) is 3.65. The molecule has 0 saturated carbocycles. The fourth-order valence-corrected chi connectivity index (χ4v) is 1.87. The van der Waals surface area contributed by atoms with Crippen molar-refractivity contribution in [2.75, 3.05) is 7.11 Å². The van der Waals surface area contributed by atoms with Crippen molar-refractivity contribution in [2.24, 2.45) is 0 Å². The van der Waals surface area contributed by atoms with Gasteiger partial charge in [-0.15, -0.1) is 0 Å². The number of methoxy groups -OCH3 is 1. The minimum Gasteiger partial charge on any atom is -0.497 e. The molecular weight excluding hydrogens is 243 g/mol. The van der Waals surface area contributed by atoms with E-state index < -0.39 is 0 Å². The monoisotopic (exact) mass is 258 g/mol. The maximum atomic E-state index is 12.8. The molecule has 0 bridgehead atoms. The number of hydrogen-bond acceptors (Lipinski definition) is 2. The molecule has 0 heterocycles. The molecule has 2 aromatic carbocycles. The van der Waals surface area contributed by atoms with Gasteiger partial charge in [-0.2, -0.15) is 0 Å². The number of ether oxygens (including phenoxy) is 1. The molecule has 2 rings (SSSR count). The van der Waals surface area contributed by atoms with Crippen molar-refractivity contribution in [3.05, 3.63) is 65.5 Å². The Morgan fingerprint density at radius 2 is 1.89 bits per heavy atom. The zero-order valence-corrected chi connectivity index (χ0v) is 10.7. The van der Waals surface area contributed by atoms with Gasteiger partial charge in [0.15, 0.2) is 5.78 Å². The van der Waals surface area contributed by atoms with E-state index in [0.29, 0.717) is 18.4 Å². The summed E-state index contributed by atoms with van der Waals surface area (Å²) < 4.78 is 17.9. The van der Waals surface area contributed by atoms with Gasteiger partial charge in [-0.1, -0.05) is 12.1 Å². The zero-order chi connectivity index (χ0) is 13.7. The second-order valence-corrected chi connectivity index (χ2v) is 4.28. The van der Waals surface area contributed by atoms with Crippen molar-refractivity contribution in [3.8, 4) is 5.75 Å². The third-order valence-electron chi connectivity index (χ3n) is 2.94. The molecule has 3 heteroatoms. The molecule has 0 unspecified atom stereocenters. The second-order valence-electron chi connectivity index (χ2n) is 4.28. The van der Waals surface area contributed by atoms with Crippen LogP contribution >= 0.6 is 0 Å². The van der Waals surface area contributed by atoms with Crippen molar-refractivity contribution in [3.63, 3.8) is 0 Å². The van der Waals surface area contributed by atoms with Crippen LogP contribution in [0, 0.1) is 5.82 Å². The third kappa shape index (κ3) is 3.65. The van der Waals surface area contributed by atoms with E-state index in [2.05, 4.69) is 0 Å². The summed E-state index contributed by atoms with van der Waals surface area (Å²) in [6, 6.07) is 13.3. The highest BCUT2D eigenvalue weighted by molar-refractivity contribution is 5.96.